The number of hydrogen-bond acceptors (Lipinski definition) is 5. The Kier molecular flexibility index (Phi) is 1.31. The summed E-state index contributed by atoms with van der Waals surface area (Å²) in [4.78, 5) is 19.7. The van der Waals surface area contributed by atoms with Crippen molar-refractivity contribution in [2.24, 2.45) is 5.18 Å². The van der Waals surface area contributed by atoms with E-state index >= 15 is 0 Å². The zero-order valence-electron chi connectivity index (χ0n) is 4.14. The predicted octanol–water partition coefficient (Wildman–Crippen LogP) is -0.0238. The molecule has 0 unspecified atom stereocenters. The van der Waals surface area contributed by atoms with Crippen LogP contribution in [0.25, 0.3) is 0 Å². The van der Waals surface area contributed by atoms with E-state index in [2.05, 4.69) is 20.1 Å². The second-order valence-corrected chi connectivity index (χ2v) is 1.19. The first-order valence-corrected chi connectivity index (χ1v) is 2.00. The molecular formula is C3HN3O3. The molecule has 0 aliphatic carbocycles. The van der Waals surface area contributed by atoms with Crippen LogP contribution in [0.15, 0.2) is 16.0 Å². The smallest absolute Gasteiger partial charge is 0.261 e. The van der Waals surface area contributed by atoms with Crippen molar-refractivity contribution in [2.75, 3.05) is 0 Å². The zero-order chi connectivity index (χ0) is 6.69. The van der Waals surface area contributed by atoms with Crippen LogP contribution in [0.2, 0.25) is 0 Å². The Bertz CT molecular complexity index is 216. The molecule has 0 saturated heterocycles. The van der Waals surface area contributed by atoms with Gasteiger partial charge in [0.15, 0.2) is 5.69 Å². The van der Waals surface area contributed by atoms with Crippen molar-refractivity contribution in [2.45, 2.75) is 0 Å². The molecule has 0 aliphatic heterocycles. The van der Waals surface area contributed by atoms with Gasteiger partial charge >= 0.3 is 5.91 Å². The van der Waals surface area contributed by atoms with Crippen LogP contribution < -0.4 is 0 Å². The van der Waals surface area contributed by atoms with E-state index in [0.29, 0.717) is 0 Å². The minimum absolute atomic E-state index is 0.176. The van der Waals surface area contributed by atoms with Crippen LogP contribution in [-0.4, -0.2) is 16.2 Å². The molecule has 1 aromatic heterocycles. The summed E-state index contributed by atoms with van der Waals surface area (Å²) in [5.74, 6) is -0.976. The Morgan fingerprint density at radius 1 is 1.78 bits per heavy atom. The number of rotatable bonds is 1. The van der Waals surface area contributed by atoms with Gasteiger partial charge in [0.25, 0.3) is 0 Å². The summed E-state index contributed by atoms with van der Waals surface area (Å²) in [5.41, 5.74) is -0.176. The average molecular weight is 127 g/mol. The Morgan fingerprint density at radius 3 is 3.00 bits per heavy atom. The lowest BCUT2D eigenvalue weighted by Crippen LogP contribution is -1.91. The lowest BCUT2D eigenvalue weighted by atomic mass is 10.5. The number of hydrogen-bond donors (Lipinski definition) is 0. The number of aromatic nitrogens is 2. The Labute approximate surface area is 48.8 Å². The highest BCUT2D eigenvalue weighted by Crippen LogP contribution is 1.91. The number of carbonyl (C=O) groups excluding carboxylic acids is 1. The monoisotopic (exact) mass is 127 g/mol. The van der Waals surface area contributed by atoms with Crippen molar-refractivity contribution in [1.82, 2.24) is 10.3 Å². The Hall–Kier alpha value is -1.59. The first kappa shape index (κ1) is 5.54. The molecular weight excluding hydrogens is 126 g/mol. The number of nitroso groups, excluding NO2 is 1. The van der Waals surface area contributed by atoms with Crippen LogP contribution in [0.4, 0.5) is 0 Å². The molecule has 0 aliphatic rings. The molecule has 0 fully saturated rings. The molecule has 0 aromatic carbocycles. The fourth-order valence-electron chi connectivity index (χ4n) is 0.306. The van der Waals surface area contributed by atoms with Gasteiger partial charge in [-0.3, -0.25) is 4.79 Å². The van der Waals surface area contributed by atoms with E-state index < -0.39 is 5.91 Å². The quantitative estimate of drug-likeness (QED) is 0.494. The second-order valence-electron chi connectivity index (χ2n) is 1.19. The minimum atomic E-state index is -0.976. The summed E-state index contributed by atoms with van der Waals surface area (Å²) in [6.45, 7) is 0. The largest absolute Gasteiger partial charge is 0.340 e. The molecule has 1 heterocycles. The lowest BCUT2D eigenvalue weighted by molar-refractivity contribution is 0.0991. The third kappa shape index (κ3) is 0.958. The fraction of sp³-hybridized carbons (Fsp3) is 0. The first-order valence-electron chi connectivity index (χ1n) is 2.00. The average Bonchev–Trinajstić information content (AvgIpc) is 2.37. The van der Waals surface area contributed by atoms with E-state index in [1.165, 1.54) is 0 Å². The van der Waals surface area contributed by atoms with E-state index in [1.807, 2.05) is 0 Å². The molecule has 1 amide bonds. The highest BCUT2D eigenvalue weighted by molar-refractivity contribution is 5.92. The van der Waals surface area contributed by atoms with Gasteiger partial charge < -0.3 is 0 Å². The Morgan fingerprint density at radius 2 is 2.56 bits per heavy atom. The summed E-state index contributed by atoms with van der Waals surface area (Å²) in [6.07, 6.45) is 1.02. The molecule has 1 rings (SSSR count). The summed E-state index contributed by atoms with van der Waals surface area (Å²) in [5, 5.41) is 8.22. The SMILES string of the molecule is O=NC(=O)c1cnon1. The van der Waals surface area contributed by atoms with Crippen LogP contribution in [-0.2, 0) is 0 Å². The van der Waals surface area contributed by atoms with Gasteiger partial charge in [0.2, 0.25) is 0 Å². The molecule has 46 valence electrons. The van der Waals surface area contributed by atoms with Crippen molar-refractivity contribution >= 4 is 5.91 Å². The van der Waals surface area contributed by atoms with Gasteiger partial charge in [-0.2, -0.15) is 0 Å². The fourth-order valence-corrected chi connectivity index (χ4v) is 0.306. The summed E-state index contributed by atoms with van der Waals surface area (Å²) < 4.78 is 4.02. The van der Waals surface area contributed by atoms with Crippen LogP contribution in [0.3, 0.4) is 0 Å². The summed E-state index contributed by atoms with van der Waals surface area (Å²) in [7, 11) is 0. The van der Waals surface area contributed by atoms with Crippen molar-refractivity contribution in [3.05, 3.63) is 16.8 Å². The van der Waals surface area contributed by atoms with Crippen LogP contribution in [0, 0.1) is 4.91 Å². The van der Waals surface area contributed by atoms with Gasteiger partial charge in [0.05, 0.1) is 0 Å². The maximum Gasteiger partial charge on any atom is 0.340 e. The van der Waals surface area contributed by atoms with Crippen molar-refractivity contribution in [3.8, 4) is 0 Å². The molecule has 0 radical (unpaired) electrons. The van der Waals surface area contributed by atoms with Crippen molar-refractivity contribution in [1.29, 1.82) is 0 Å². The molecule has 0 atom stereocenters. The number of nitrogens with zero attached hydrogens (tertiary/aromatic N) is 3. The second kappa shape index (κ2) is 2.12. The van der Waals surface area contributed by atoms with Gasteiger partial charge in [-0.15, -0.1) is 4.91 Å². The van der Waals surface area contributed by atoms with Crippen LogP contribution >= 0.6 is 0 Å². The predicted molar refractivity (Wildman–Crippen MR) is 24.4 cm³/mol. The normalized spacial score (nSPS) is 8.89. The van der Waals surface area contributed by atoms with Crippen LogP contribution in [0.5, 0.6) is 0 Å². The number of carbonyl (C=O) groups is 1. The summed E-state index contributed by atoms with van der Waals surface area (Å²) in [6, 6.07) is 0. The molecule has 9 heavy (non-hydrogen) atoms. The topological polar surface area (TPSA) is 85.4 Å². The summed E-state index contributed by atoms with van der Waals surface area (Å²) >= 11 is 0. The number of amides is 1. The Balaban J connectivity index is 2.89. The van der Waals surface area contributed by atoms with E-state index in [1.54, 1.807) is 0 Å². The molecule has 0 saturated carbocycles. The molecule has 6 nitrogen and oxygen atoms in total. The van der Waals surface area contributed by atoms with E-state index in [0.717, 1.165) is 6.20 Å². The standard InChI is InChI=1S/C3HN3O3/c7-3(5-8)2-1-4-9-6-2/h1H. The third-order valence-corrected chi connectivity index (χ3v) is 0.663. The highest BCUT2D eigenvalue weighted by Gasteiger charge is 2.08. The maximum atomic E-state index is 10.2. The minimum Gasteiger partial charge on any atom is -0.261 e. The van der Waals surface area contributed by atoms with Gasteiger partial charge in [0, 0.05) is 5.18 Å². The first-order chi connectivity index (χ1) is 4.34. The van der Waals surface area contributed by atoms with E-state index in [-0.39, 0.29) is 5.69 Å². The maximum absolute atomic E-state index is 10.2. The van der Waals surface area contributed by atoms with Gasteiger partial charge in [-0.1, -0.05) is 5.16 Å². The van der Waals surface area contributed by atoms with Crippen LogP contribution in [0.1, 0.15) is 10.5 Å². The molecule has 0 bridgehead atoms. The zero-order valence-corrected chi connectivity index (χ0v) is 4.14. The van der Waals surface area contributed by atoms with E-state index in [4.69, 9.17) is 0 Å². The third-order valence-electron chi connectivity index (χ3n) is 0.663. The van der Waals surface area contributed by atoms with E-state index in [9.17, 15) is 9.70 Å². The lowest BCUT2D eigenvalue weighted by Gasteiger charge is -1.72. The van der Waals surface area contributed by atoms with Gasteiger partial charge in [-0.05, 0) is 5.16 Å². The molecule has 0 spiro atoms. The molecule has 0 N–H and O–H groups in total. The molecule has 6 heteroatoms. The molecule has 1 aromatic rings. The highest BCUT2D eigenvalue weighted by atomic mass is 16.6. The van der Waals surface area contributed by atoms with Gasteiger partial charge in [0.1, 0.15) is 6.20 Å². The van der Waals surface area contributed by atoms with Crippen molar-refractivity contribution < 1.29 is 9.42 Å². The van der Waals surface area contributed by atoms with Crippen molar-refractivity contribution in [3.63, 3.8) is 0 Å². The van der Waals surface area contributed by atoms with Gasteiger partial charge in [-0.25, -0.2) is 4.63 Å².